The second-order valence-corrected chi connectivity index (χ2v) is 10.0. The number of carbonyl (C=O) groups is 3. The zero-order valence-corrected chi connectivity index (χ0v) is 21.3. The summed E-state index contributed by atoms with van der Waals surface area (Å²) in [5, 5.41) is 14.4. The van der Waals surface area contributed by atoms with E-state index in [-0.39, 0.29) is 30.7 Å². The molecule has 1 saturated heterocycles. The van der Waals surface area contributed by atoms with E-state index in [1.807, 2.05) is 5.38 Å². The first-order valence-electron chi connectivity index (χ1n) is 11.6. The summed E-state index contributed by atoms with van der Waals surface area (Å²) in [7, 11) is 1.60. The quantitative estimate of drug-likeness (QED) is 0.492. The molecular weight excluding hydrogens is 498 g/mol. The first kappa shape index (κ1) is 24.8. The van der Waals surface area contributed by atoms with Crippen LogP contribution in [0.5, 0.6) is 5.75 Å². The van der Waals surface area contributed by atoms with E-state index in [2.05, 4.69) is 22.1 Å². The van der Waals surface area contributed by atoms with Crippen LogP contribution in [0.25, 0.3) is 4.96 Å². The minimum atomic E-state index is -1.15. The van der Waals surface area contributed by atoms with E-state index in [1.54, 1.807) is 54.6 Å². The minimum Gasteiger partial charge on any atom is -0.489 e. The fraction of sp³-hybridized carbons (Fsp3) is 0.360. The Kier molecular flexibility index (Phi) is 6.36. The molecule has 5 rings (SSSR count). The van der Waals surface area contributed by atoms with Gasteiger partial charge >= 0.3 is 0 Å². The van der Waals surface area contributed by atoms with Crippen LogP contribution in [-0.2, 0) is 14.3 Å². The molecule has 0 saturated carbocycles. The number of amides is 3. The molecule has 3 aromatic rings. The molecule has 2 N–H and O–H groups in total. The van der Waals surface area contributed by atoms with Crippen LogP contribution in [0.3, 0.4) is 0 Å². The van der Waals surface area contributed by atoms with E-state index < -0.39 is 17.6 Å². The molecule has 2 aliphatic heterocycles. The first-order valence-corrected chi connectivity index (χ1v) is 12.4. The van der Waals surface area contributed by atoms with Crippen LogP contribution in [0.2, 0.25) is 0 Å². The molecule has 1 aromatic carbocycles. The predicted octanol–water partition coefficient (Wildman–Crippen LogP) is 1.04. The van der Waals surface area contributed by atoms with Gasteiger partial charge in [-0.15, -0.1) is 11.3 Å². The van der Waals surface area contributed by atoms with Crippen LogP contribution in [0.15, 0.2) is 29.8 Å². The van der Waals surface area contributed by atoms with Crippen molar-refractivity contribution in [3.8, 4) is 17.6 Å². The van der Waals surface area contributed by atoms with Crippen LogP contribution in [0.4, 0.5) is 11.5 Å². The number of likely N-dealkylation sites (N-methyl/N-ethyl adjacent to an activating group) is 1. The number of rotatable bonds is 3. The maximum Gasteiger partial charge on any atom is 0.272 e. The number of benzene rings is 1. The van der Waals surface area contributed by atoms with E-state index in [9.17, 15) is 19.5 Å². The molecule has 12 heteroatoms. The van der Waals surface area contributed by atoms with Crippen molar-refractivity contribution in [1.29, 1.82) is 0 Å². The van der Waals surface area contributed by atoms with Gasteiger partial charge in [0.25, 0.3) is 17.7 Å². The van der Waals surface area contributed by atoms with Crippen LogP contribution in [0, 0.1) is 11.8 Å². The van der Waals surface area contributed by atoms with Crippen molar-refractivity contribution >= 4 is 45.5 Å². The lowest BCUT2D eigenvalue weighted by Gasteiger charge is -2.25. The number of ether oxygens (including phenoxy) is 2. The van der Waals surface area contributed by atoms with Gasteiger partial charge in [-0.25, -0.2) is 4.98 Å². The second-order valence-electron chi connectivity index (χ2n) is 9.20. The Morgan fingerprint density at radius 2 is 2.14 bits per heavy atom. The molecule has 192 valence electrons. The molecule has 0 radical (unpaired) electrons. The number of thiazole rings is 1. The molecule has 2 aromatic heterocycles. The molecule has 3 amide bonds. The van der Waals surface area contributed by atoms with E-state index in [0.29, 0.717) is 40.9 Å². The Morgan fingerprint density at radius 3 is 2.89 bits per heavy atom. The van der Waals surface area contributed by atoms with Crippen LogP contribution in [0.1, 0.15) is 29.9 Å². The summed E-state index contributed by atoms with van der Waals surface area (Å²) >= 11 is 1.31. The smallest absolute Gasteiger partial charge is 0.272 e. The highest BCUT2D eigenvalue weighted by Crippen LogP contribution is 2.32. The summed E-state index contributed by atoms with van der Waals surface area (Å²) in [5.41, 5.74) is 0.0848. The summed E-state index contributed by atoms with van der Waals surface area (Å²) in [6, 6.07) is 4.20. The maximum atomic E-state index is 13.2. The summed E-state index contributed by atoms with van der Waals surface area (Å²) in [6.07, 6.45) is 1.55. The van der Waals surface area contributed by atoms with Gasteiger partial charge in [0.15, 0.2) is 4.96 Å². The summed E-state index contributed by atoms with van der Waals surface area (Å²) in [6.45, 7) is 3.96. The zero-order chi connectivity index (χ0) is 26.3. The van der Waals surface area contributed by atoms with Crippen molar-refractivity contribution in [2.45, 2.75) is 25.5 Å². The van der Waals surface area contributed by atoms with Gasteiger partial charge in [-0.2, -0.15) is 0 Å². The number of imidazole rings is 1. The number of fused-ring (bicyclic) bond motifs is 2. The number of morpholine rings is 1. The van der Waals surface area contributed by atoms with Crippen LogP contribution >= 0.6 is 11.3 Å². The number of nitrogens with one attached hydrogen (secondary N) is 1. The summed E-state index contributed by atoms with van der Waals surface area (Å²) in [4.78, 5) is 46.4. The normalized spacial score (nSPS) is 18.1. The number of aromatic nitrogens is 2. The highest BCUT2D eigenvalue weighted by atomic mass is 32.1. The fourth-order valence-electron chi connectivity index (χ4n) is 3.97. The lowest BCUT2D eigenvalue weighted by molar-refractivity contribution is -0.125. The van der Waals surface area contributed by atoms with Gasteiger partial charge in [0.1, 0.15) is 42.1 Å². The standard InChI is InChI=1S/C25H25N5O6S/c1-25(2,34)7-6-15-4-5-19-18(10-15)28(3)23(33)17(12-36-19)26-22(32)16-11-30-20(14-37-24(30)27-16)29-8-9-35-13-21(29)31/h4-5,10-11,14,17,34H,8-9,12-13H2,1-3H3,(H,26,32)/t17-/m0/s1. The maximum absolute atomic E-state index is 13.2. The number of carbonyl (C=O) groups excluding carboxylic acids is 3. The van der Waals surface area contributed by atoms with Gasteiger partial charge < -0.3 is 24.8 Å². The van der Waals surface area contributed by atoms with Gasteiger partial charge in [0.05, 0.1) is 18.8 Å². The van der Waals surface area contributed by atoms with E-state index in [4.69, 9.17) is 9.47 Å². The molecule has 11 nitrogen and oxygen atoms in total. The van der Waals surface area contributed by atoms with E-state index in [1.165, 1.54) is 16.2 Å². The highest BCUT2D eigenvalue weighted by molar-refractivity contribution is 7.15. The van der Waals surface area contributed by atoms with Crippen molar-refractivity contribution in [3.63, 3.8) is 0 Å². The Morgan fingerprint density at radius 1 is 1.32 bits per heavy atom. The van der Waals surface area contributed by atoms with Crippen molar-refractivity contribution < 1.29 is 29.0 Å². The molecule has 0 bridgehead atoms. The Hall–Kier alpha value is -3.92. The van der Waals surface area contributed by atoms with Gasteiger partial charge in [-0.3, -0.25) is 23.7 Å². The molecule has 4 heterocycles. The number of nitrogens with zero attached hydrogens (tertiary/aromatic N) is 4. The van der Waals surface area contributed by atoms with Gasteiger partial charge in [0, 0.05) is 24.2 Å². The SMILES string of the molecule is CN1C(=O)[C@@H](NC(=O)c2cn3c(N4CCOCC4=O)csc3n2)COc2ccc(C#CC(C)(C)O)cc21. The van der Waals surface area contributed by atoms with Crippen molar-refractivity contribution in [2.24, 2.45) is 0 Å². The monoisotopic (exact) mass is 523 g/mol. The Labute approximate surface area is 216 Å². The van der Waals surface area contributed by atoms with E-state index in [0.717, 1.165) is 0 Å². The van der Waals surface area contributed by atoms with Gasteiger partial charge in [-0.05, 0) is 32.0 Å². The topological polar surface area (TPSA) is 126 Å². The third kappa shape index (κ3) is 5.01. The largest absolute Gasteiger partial charge is 0.489 e. The number of hydrogen-bond donors (Lipinski definition) is 2. The number of aliphatic hydroxyl groups is 1. The van der Waals surface area contributed by atoms with Gasteiger partial charge in [0.2, 0.25) is 0 Å². The highest BCUT2D eigenvalue weighted by Gasteiger charge is 2.32. The Bertz CT molecular complexity index is 1460. The van der Waals surface area contributed by atoms with E-state index >= 15 is 0 Å². The third-order valence-corrected chi connectivity index (χ3v) is 6.69. The lowest BCUT2D eigenvalue weighted by atomic mass is 10.1. The average molecular weight is 524 g/mol. The molecular formula is C25H25N5O6S. The molecule has 0 unspecified atom stereocenters. The summed E-state index contributed by atoms with van der Waals surface area (Å²) in [5.74, 6) is 5.67. The average Bonchev–Trinajstić information content (AvgIpc) is 3.43. The van der Waals surface area contributed by atoms with Crippen molar-refractivity contribution in [2.75, 3.05) is 43.2 Å². The number of anilines is 2. The minimum absolute atomic E-state index is 0.00651. The van der Waals surface area contributed by atoms with Crippen LogP contribution < -0.4 is 19.9 Å². The molecule has 37 heavy (non-hydrogen) atoms. The zero-order valence-electron chi connectivity index (χ0n) is 20.5. The van der Waals surface area contributed by atoms with Crippen molar-refractivity contribution in [1.82, 2.24) is 14.7 Å². The molecule has 0 spiro atoms. The molecule has 0 aliphatic carbocycles. The van der Waals surface area contributed by atoms with Crippen LogP contribution in [-0.4, -0.2) is 77.3 Å². The molecule has 1 fully saturated rings. The Balaban J connectivity index is 1.33. The third-order valence-electron chi connectivity index (χ3n) is 5.86. The lowest BCUT2D eigenvalue weighted by Crippen LogP contribution is -2.49. The molecule has 2 aliphatic rings. The molecule has 1 atom stereocenters. The fourth-order valence-corrected chi connectivity index (χ4v) is 4.84. The van der Waals surface area contributed by atoms with Gasteiger partial charge in [-0.1, -0.05) is 11.8 Å². The number of hydrogen-bond acceptors (Lipinski definition) is 8. The first-order chi connectivity index (χ1) is 17.6. The predicted molar refractivity (Wildman–Crippen MR) is 136 cm³/mol. The van der Waals surface area contributed by atoms with Crippen molar-refractivity contribution in [3.05, 3.63) is 41.0 Å². The second kappa shape index (κ2) is 9.51. The summed E-state index contributed by atoms with van der Waals surface area (Å²) < 4.78 is 12.7.